The Bertz CT molecular complexity index is 2110. The maximum atomic E-state index is 2.34. The van der Waals surface area contributed by atoms with E-state index in [-0.39, 0.29) is 0 Å². The third-order valence-corrected chi connectivity index (χ3v) is 9.08. The van der Waals surface area contributed by atoms with Crippen molar-refractivity contribution in [2.24, 2.45) is 0 Å². The third-order valence-electron chi connectivity index (χ3n) is 8.06. The number of benzene rings is 8. The highest BCUT2D eigenvalue weighted by molar-refractivity contribution is 7.99. The molecular weight excluding hydrogens is 513 g/mol. The molecule has 41 heavy (non-hydrogen) atoms. The van der Waals surface area contributed by atoms with Gasteiger partial charge in [0.25, 0.3) is 0 Å². The van der Waals surface area contributed by atoms with E-state index in [0.717, 1.165) is 0 Å². The molecule has 0 bridgehead atoms. The van der Waals surface area contributed by atoms with Gasteiger partial charge in [-0.15, -0.1) is 0 Å². The molecule has 0 saturated carbocycles. The van der Waals surface area contributed by atoms with E-state index in [1.54, 1.807) is 11.8 Å². The van der Waals surface area contributed by atoms with Crippen LogP contribution in [0.25, 0.3) is 65.7 Å². The molecular formula is C40H26S. The number of hydrogen-bond donors (Lipinski definition) is 0. The van der Waals surface area contributed by atoms with Crippen LogP contribution in [-0.2, 0) is 0 Å². The average molecular weight is 539 g/mol. The SMILES string of the molecule is c1ccc(Sc2ccc(-c3c(-c4ccccc4)c(-c4ccccc4)c4ccc5cccc6ccc3c4c56)cc2)cc1. The molecule has 0 aromatic heterocycles. The zero-order valence-electron chi connectivity index (χ0n) is 22.4. The van der Waals surface area contributed by atoms with Crippen molar-refractivity contribution in [1.29, 1.82) is 0 Å². The quantitative estimate of drug-likeness (QED) is 0.196. The predicted molar refractivity (Wildman–Crippen MR) is 177 cm³/mol. The molecule has 0 atom stereocenters. The van der Waals surface area contributed by atoms with E-state index < -0.39 is 0 Å². The molecule has 8 aromatic carbocycles. The van der Waals surface area contributed by atoms with Crippen LogP contribution in [0.1, 0.15) is 0 Å². The monoisotopic (exact) mass is 538 g/mol. The summed E-state index contributed by atoms with van der Waals surface area (Å²) in [6, 6.07) is 57.5. The van der Waals surface area contributed by atoms with Crippen molar-refractivity contribution in [3.63, 3.8) is 0 Å². The van der Waals surface area contributed by atoms with E-state index in [1.807, 2.05) is 0 Å². The summed E-state index contributed by atoms with van der Waals surface area (Å²) in [6.45, 7) is 0. The van der Waals surface area contributed by atoms with Crippen molar-refractivity contribution in [2.45, 2.75) is 9.79 Å². The molecule has 8 aromatic rings. The predicted octanol–water partition coefficient (Wildman–Crippen LogP) is 11.7. The summed E-state index contributed by atoms with van der Waals surface area (Å²) in [5.41, 5.74) is 7.57. The highest BCUT2D eigenvalue weighted by Crippen LogP contribution is 2.50. The first-order valence-corrected chi connectivity index (χ1v) is 14.8. The lowest BCUT2D eigenvalue weighted by atomic mass is 9.79. The van der Waals surface area contributed by atoms with E-state index in [2.05, 4.69) is 158 Å². The van der Waals surface area contributed by atoms with Crippen LogP contribution in [-0.4, -0.2) is 0 Å². The molecule has 0 nitrogen and oxygen atoms in total. The van der Waals surface area contributed by atoms with E-state index in [4.69, 9.17) is 0 Å². The molecule has 0 aliphatic heterocycles. The Morgan fingerprint density at radius 1 is 0.293 bits per heavy atom. The van der Waals surface area contributed by atoms with Gasteiger partial charge in [0.1, 0.15) is 0 Å². The van der Waals surface area contributed by atoms with Crippen LogP contribution < -0.4 is 0 Å². The van der Waals surface area contributed by atoms with Crippen molar-refractivity contribution in [3.8, 4) is 33.4 Å². The molecule has 1 heteroatoms. The summed E-state index contributed by atoms with van der Waals surface area (Å²) in [5.74, 6) is 0. The molecule has 0 saturated heterocycles. The third kappa shape index (κ3) is 4.09. The lowest BCUT2D eigenvalue weighted by molar-refractivity contribution is 1.41. The Balaban J connectivity index is 1.49. The number of rotatable bonds is 5. The van der Waals surface area contributed by atoms with E-state index in [1.165, 1.54) is 75.5 Å². The molecule has 8 rings (SSSR count). The lowest BCUT2D eigenvalue weighted by Gasteiger charge is -2.23. The topological polar surface area (TPSA) is 0 Å². The normalized spacial score (nSPS) is 11.5. The summed E-state index contributed by atoms with van der Waals surface area (Å²) in [4.78, 5) is 2.49. The van der Waals surface area contributed by atoms with Gasteiger partial charge in [-0.1, -0.05) is 145 Å². The Morgan fingerprint density at radius 3 is 1.32 bits per heavy atom. The van der Waals surface area contributed by atoms with Crippen molar-refractivity contribution in [1.82, 2.24) is 0 Å². The Labute approximate surface area is 244 Å². The molecule has 0 aliphatic rings. The lowest BCUT2D eigenvalue weighted by Crippen LogP contribution is -1.96. The molecule has 0 radical (unpaired) electrons. The largest absolute Gasteiger partial charge is 0.0901 e. The van der Waals surface area contributed by atoms with Gasteiger partial charge in [-0.2, -0.15) is 0 Å². The van der Waals surface area contributed by atoms with Crippen molar-refractivity contribution >= 4 is 44.1 Å². The number of hydrogen-bond acceptors (Lipinski definition) is 1. The van der Waals surface area contributed by atoms with Crippen LogP contribution in [0.3, 0.4) is 0 Å². The maximum Gasteiger partial charge on any atom is 0.0122 e. The van der Waals surface area contributed by atoms with E-state index >= 15 is 0 Å². The first-order valence-electron chi connectivity index (χ1n) is 14.0. The fourth-order valence-electron chi connectivity index (χ4n) is 6.31. The minimum Gasteiger partial charge on any atom is -0.0901 e. The zero-order valence-corrected chi connectivity index (χ0v) is 23.2. The minimum atomic E-state index is 1.23. The van der Waals surface area contributed by atoms with Crippen LogP contribution in [0.4, 0.5) is 0 Å². The van der Waals surface area contributed by atoms with Crippen LogP contribution in [0, 0.1) is 0 Å². The van der Waals surface area contributed by atoms with Crippen LogP contribution in [0.5, 0.6) is 0 Å². The van der Waals surface area contributed by atoms with Crippen molar-refractivity contribution in [3.05, 3.63) is 158 Å². The second kappa shape index (κ2) is 9.96. The molecule has 0 spiro atoms. The second-order valence-corrected chi connectivity index (χ2v) is 11.6. The smallest absolute Gasteiger partial charge is 0.0122 e. The molecule has 0 amide bonds. The van der Waals surface area contributed by atoms with Gasteiger partial charge in [0, 0.05) is 9.79 Å². The van der Waals surface area contributed by atoms with Crippen molar-refractivity contribution in [2.75, 3.05) is 0 Å². The summed E-state index contributed by atoms with van der Waals surface area (Å²) in [5, 5.41) is 7.86. The minimum absolute atomic E-state index is 1.23. The molecule has 0 aliphatic carbocycles. The Hall–Kier alpha value is -4.85. The molecule has 0 fully saturated rings. The van der Waals surface area contributed by atoms with Crippen LogP contribution in [0.2, 0.25) is 0 Å². The Morgan fingerprint density at radius 2 is 0.756 bits per heavy atom. The van der Waals surface area contributed by atoms with E-state index in [9.17, 15) is 0 Å². The van der Waals surface area contributed by atoms with Gasteiger partial charge in [0.15, 0.2) is 0 Å². The molecule has 0 unspecified atom stereocenters. The van der Waals surface area contributed by atoms with Crippen LogP contribution in [0.15, 0.2) is 168 Å². The molecule has 0 heterocycles. The molecule has 192 valence electrons. The van der Waals surface area contributed by atoms with Crippen molar-refractivity contribution < 1.29 is 0 Å². The fourth-order valence-corrected chi connectivity index (χ4v) is 7.14. The standard InChI is InChI=1S/C40H26S/c1-4-11-27(12-5-1)37-34-25-21-29-15-10-16-30-22-26-35(40(34)36(29)30)38(39(37)28-13-6-2-7-14-28)31-19-23-33(24-20-31)41-32-17-8-3-9-18-32/h1-26H. The van der Waals surface area contributed by atoms with Crippen LogP contribution >= 0.6 is 11.8 Å². The summed E-state index contributed by atoms with van der Waals surface area (Å²) in [6.07, 6.45) is 0. The van der Waals surface area contributed by atoms with Gasteiger partial charge < -0.3 is 0 Å². The van der Waals surface area contributed by atoms with Gasteiger partial charge in [-0.3, -0.25) is 0 Å². The average Bonchev–Trinajstić information content (AvgIpc) is 3.05. The molecule has 0 N–H and O–H groups in total. The van der Waals surface area contributed by atoms with Gasteiger partial charge in [0.2, 0.25) is 0 Å². The first kappa shape index (κ1) is 24.0. The highest BCUT2D eigenvalue weighted by atomic mass is 32.2. The van der Waals surface area contributed by atoms with Gasteiger partial charge >= 0.3 is 0 Å². The Kier molecular flexibility index (Phi) is 5.83. The zero-order chi connectivity index (χ0) is 27.2. The second-order valence-electron chi connectivity index (χ2n) is 10.5. The highest BCUT2D eigenvalue weighted by Gasteiger charge is 2.23. The maximum absolute atomic E-state index is 2.34. The fraction of sp³-hybridized carbons (Fsp3) is 0. The van der Waals surface area contributed by atoms with Gasteiger partial charge in [-0.05, 0) is 90.0 Å². The van der Waals surface area contributed by atoms with Gasteiger partial charge in [-0.25, -0.2) is 0 Å². The first-order chi connectivity index (χ1) is 20.3. The summed E-state index contributed by atoms with van der Waals surface area (Å²) < 4.78 is 0. The summed E-state index contributed by atoms with van der Waals surface area (Å²) >= 11 is 1.80. The summed E-state index contributed by atoms with van der Waals surface area (Å²) in [7, 11) is 0. The van der Waals surface area contributed by atoms with Gasteiger partial charge in [0.05, 0.1) is 0 Å². The van der Waals surface area contributed by atoms with E-state index in [0.29, 0.717) is 0 Å².